The molecule has 0 aliphatic carbocycles. The Bertz CT molecular complexity index is 358. The molecule has 0 spiro atoms. The summed E-state index contributed by atoms with van der Waals surface area (Å²) in [6.45, 7) is 8.21. The summed E-state index contributed by atoms with van der Waals surface area (Å²) in [7, 11) is 0. The van der Waals surface area contributed by atoms with Gasteiger partial charge in [0.1, 0.15) is 11.2 Å². The summed E-state index contributed by atoms with van der Waals surface area (Å²) in [5.41, 5.74) is -0.782. The molecule has 7 heteroatoms. The summed E-state index contributed by atoms with van der Waals surface area (Å²) in [5, 5.41) is 0. The average molecular weight is 411 g/mol. The van der Waals surface area contributed by atoms with Crippen molar-refractivity contribution in [2.45, 2.75) is 77.4 Å². The van der Waals surface area contributed by atoms with E-state index < -0.39 is 11.2 Å². The standard InChI is InChI=1S/C18H34O4S3/c1-5-17(6-2,21-15(19)13-23)9-11-25-12-10-18(7-3,8-4)22-16(20)14-24/h23-24H,5-14H2,1-4H3. The molecule has 0 aromatic carbocycles. The van der Waals surface area contributed by atoms with Gasteiger partial charge in [-0.25, -0.2) is 0 Å². The van der Waals surface area contributed by atoms with Crippen LogP contribution in [0.4, 0.5) is 0 Å². The Balaban J connectivity index is 4.47. The number of hydrogen-bond acceptors (Lipinski definition) is 7. The topological polar surface area (TPSA) is 52.6 Å². The van der Waals surface area contributed by atoms with E-state index in [0.717, 1.165) is 50.0 Å². The fourth-order valence-electron chi connectivity index (χ4n) is 2.76. The molecule has 148 valence electrons. The van der Waals surface area contributed by atoms with Gasteiger partial charge in [-0.3, -0.25) is 9.59 Å². The molecule has 0 saturated carbocycles. The fourth-order valence-corrected chi connectivity index (χ4v) is 4.13. The van der Waals surface area contributed by atoms with Crippen LogP contribution in [0.2, 0.25) is 0 Å². The number of hydrogen-bond donors (Lipinski definition) is 2. The lowest BCUT2D eigenvalue weighted by Crippen LogP contribution is -2.36. The van der Waals surface area contributed by atoms with E-state index in [9.17, 15) is 9.59 Å². The highest BCUT2D eigenvalue weighted by molar-refractivity contribution is 7.99. The van der Waals surface area contributed by atoms with Crippen LogP contribution >= 0.6 is 37.0 Å². The van der Waals surface area contributed by atoms with Crippen molar-refractivity contribution in [1.82, 2.24) is 0 Å². The molecule has 0 N–H and O–H groups in total. The van der Waals surface area contributed by atoms with E-state index in [-0.39, 0.29) is 23.4 Å². The first-order valence-corrected chi connectivity index (χ1v) is 11.5. The Morgan fingerprint density at radius 3 is 1.32 bits per heavy atom. The number of carbonyl (C=O) groups is 2. The number of carbonyl (C=O) groups excluding carboxylic acids is 2. The van der Waals surface area contributed by atoms with Crippen molar-refractivity contribution >= 4 is 49.0 Å². The minimum atomic E-state index is -0.391. The molecule has 0 fully saturated rings. The summed E-state index contributed by atoms with van der Waals surface area (Å²) in [4.78, 5) is 23.2. The summed E-state index contributed by atoms with van der Waals surface area (Å²) in [6, 6.07) is 0. The molecule has 0 aromatic rings. The third-order valence-corrected chi connectivity index (χ3v) is 6.40. The van der Waals surface area contributed by atoms with Crippen LogP contribution in [0.1, 0.15) is 66.2 Å². The molecule has 0 aliphatic rings. The first kappa shape index (κ1) is 25.0. The minimum Gasteiger partial charge on any atom is -0.458 e. The predicted molar refractivity (Wildman–Crippen MR) is 113 cm³/mol. The largest absolute Gasteiger partial charge is 0.458 e. The van der Waals surface area contributed by atoms with E-state index in [4.69, 9.17) is 9.47 Å². The van der Waals surface area contributed by atoms with Crippen LogP contribution in [0.5, 0.6) is 0 Å². The second-order valence-corrected chi connectivity index (χ2v) is 8.01. The molecular formula is C18H34O4S3. The van der Waals surface area contributed by atoms with Gasteiger partial charge in [0.05, 0.1) is 11.5 Å². The highest BCUT2D eigenvalue weighted by Crippen LogP contribution is 2.30. The quantitative estimate of drug-likeness (QED) is 0.250. The molecule has 0 atom stereocenters. The fraction of sp³-hybridized carbons (Fsp3) is 0.889. The monoisotopic (exact) mass is 410 g/mol. The SMILES string of the molecule is CCC(CC)(CCSCCC(CC)(CC)OC(=O)CS)OC(=O)CS. The summed E-state index contributed by atoms with van der Waals surface area (Å²) < 4.78 is 11.3. The molecule has 4 nitrogen and oxygen atoms in total. The van der Waals surface area contributed by atoms with Gasteiger partial charge in [0.2, 0.25) is 0 Å². The Morgan fingerprint density at radius 1 is 0.760 bits per heavy atom. The second kappa shape index (κ2) is 13.2. The van der Waals surface area contributed by atoms with Crippen molar-refractivity contribution in [3.05, 3.63) is 0 Å². The van der Waals surface area contributed by atoms with E-state index in [0.29, 0.717) is 0 Å². The van der Waals surface area contributed by atoms with Crippen LogP contribution in [0.15, 0.2) is 0 Å². The van der Waals surface area contributed by atoms with Gasteiger partial charge in [0.25, 0.3) is 0 Å². The third-order valence-electron chi connectivity index (χ3n) is 4.90. The Kier molecular flexibility index (Phi) is 13.2. The van der Waals surface area contributed by atoms with E-state index in [1.165, 1.54) is 0 Å². The van der Waals surface area contributed by atoms with E-state index >= 15 is 0 Å². The van der Waals surface area contributed by atoms with Crippen molar-refractivity contribution in [3.63, 3.8) is 0 Å². The molecular weight excluding hydrogens is 376 g/mol. The van der Waals surface area contributed by atoms with Gasteiger partial charge >= 0.3 is 11.9 Å². The summed E-state index contributed by atoms with van der Waals surface area (Å²) in [6.07, 6.45) is 4.86. The number of esters is 2. The molecule has 0 saturated heterocycles. The molecule has 0 aromatic heterocycles. The molecule has 0 rings (SSSR count). The van der Waals surface area contributed by atoms with Crippen LogP contribution in [0.25, 0.3) is 0 Å². The molecule has 0 aliphatic heterocycles. The van der Waals surface area contributed by atoms with Crippen molar-refractivity contribution < 1.29 is 19.1 Å². The lowest BCUT2D eigenvalue weighted by molar-refractivity contribution is -0.158. The van der Waals surface area contributed by atoms with E-state index in [1.807, 2.05) is 11.8 Å². The van der Waals surface area contributed by atoms with Crippen LogP contribution < -0.4 is 0 Å². The van der Waals surface area contributed by atoms with E-state index in [1.54, 1.807) is 0 Å². The number of rotatable bonds is 14. The van der Waals surface area contributed by atoms with Crippen LogP contribution in [0.3, 0.4) is 0 Å². The predicted octanol–water partition coefficient (Wildman–Crippen LogP) is 4.56. The lowest BCUT2D eigenvalue weighted by atomic mass is 9.94. The molecule has 0 heterocycles. The normalized spacial score (nSPS) is 12.1. The molecule has 0 amide bonds. The Labute approximate surface area is 168 Å². The summed E-state index contributed by atoms with van der Waals surface area (Å²) in [5.74, 6) is 1.53. The molecule has 0 unspecified atom stereocenters. The number of ether oxygens (including phenoxy) is 2. The van der Waals surface area contributed by atoms with Crippen LogP contribution in [0, 0.1) is 0 Å². The summed E-state index contributed by atoms with van der Waals surface area (Å²) >= 11 is 9.80. The maximum atomic E-state index is 11.6. The van der Waals surface area contributed by atoms with Gasteiger partial charge in [-0.1, -0.05) is 27.7 Å². The first-order valence-electron chi connectivity index (χ1n) is 9.09. The van der Waals surface area contributed by atoms with Crippen molar-refractivity contribution in [2.24, 2.45) is 0 Å². The average Bonchev–Trinajstić information content (AvgIpc) is 2.65. The van der Waals surface area contributed by atoms with Gasteiger partial charge in [0, 0.05) is 0 Å². The van der Waals surface area contributed by atoms with Crippen LogP contribution in [-0.2, 0) is 19.1 Å². The smallest absolute Gasteiger partial charge is 0.316 e. The first-order chi connectivity index (χ1) is 11.9. The van der Waals surface area contributed by atoms with Crippen molar-refractivity contribution in [2.75, 3.05) is 23.0 Å². The lowest BCUT2D eigenvalue weighted by Gasteiger charge is -2.32. The molecule has 25 heavy (non-hydrogen) atoms. The third kappa shape index (κ3) is 8.96. The van der Waals surface area contributed by atoms with E-state index in [2.05, 4.69) is 53.0 Å². The Hall–Kier alpha value is -0.0100. The zero-order valence-corrected chi connectivity index (χ0v) is 18.6. The second-order valence-electron chi connectivity index (χ2n) is 6.16. The number of thiol groups is 2. The zero-order valence-electron chi connectivity index (χ0n) is 16.0. The maximum Gasteiger partial charge on any atom is 0.316 e. The van der Waals surface area contributed by atoms with Crippen molar-refractivity contribution in [3.8, 4) is 0 Å². The van der Waals surface area contributed by atoms with Gasteiger partial charge in [-0.15, -0.1) is 0 Å². The minimum absolute atomic E-state index is 0.112. The van der Waals surface area contributed by atoms with Gasteiger partial charge in [-0.2, -0.15) is 37.0 Å². The molecule has 0 bridgehead atoms. The van der Waals surface area contributed by atoms with Crippen LogP contribution in [-0.4, -0.2) is 46.2 Å². The zero-order chi connectivity index (χ0) is 19.3. The number of thioether (sulfide) groups is 1. The Morgan fingerprint density at radius 2 is 1.08 bits per heavy atom. The van der Waals surface area contributed by atoms with Gasteiger partial charge in [0.15, 0.2) is 0 Å². The van der Waals surface area contributed by atoms with Crippen molar-refractivity contribution in [1.29, 1.82) is 0 Å². The highest BCUT2D eigenvalue weighted by Gasteiger charge is 2.31. The van der Waals surface area contributed by atoms with Gasteiger partial charge < -0.3 is 9.47 Å². The maximum absolute atomic E-state index is 11.6. The van der Waals surface area contributed by atoms with Gasteiger partial charge in [-0.05, 0) is 50.0 Å². The highest BCUT2D eigenvalue weighted by atomic mass is 32.2. The molecule has 0 radical (unpaired) electrons.